The summed E-state index contributed by atoms with van der Waals surface area (Å²) >= 11 is 0. The molecule has 0 saturated heterocycles. The molecule has 0 radical (unpaired) electrons. The molecule has 5 heteroatoms. The van der Waals surface area contributed by atoms with Gasteiger partial charge in [-0.25, -0.2) is 8.42 Å². The van der Waals surface area contributed by atoms with E-state index in [9.17, 15) is 8.42 Å². The third kappa shape index (κ3) is 22.8. The van der Waals surface area contributed by atoms with Gasteiger partial charge in [-0.3, -0.25) is 4.18 Å². The van der Waals surface area contributed by atoms with Crippen LogP contribution >= 0.6 is 0 Å². The number of rotatable bonds is 17. The van der Waals surface area contributed by atoms with E-state index in [1.54, 1.807) is 0 Å². The molecule has 0 spiro atoms. The van der Waals surface area contributed by atoms with Crippen molar-refractivity contribution in [2.24, 2.45) is 0 Å². The van der Waals surface area contributed by atoms with Crippen LogP contribution in [0, 0.1) is 0 Å². The first-order valence-electron chi connectivity index (χ1n) is 9.04. The SMILES string of the molecule is CCCCCCCCCCCCCCCCCO[SH](=O)=O.[LiH]. The van der Waals surface area contributed by atoms with Crippen molar-refractivity contribution < 1.29 is 12.6 Å². The Morgan fingerprint density at radius 3 is 1.23 bits per heavy atom. The molecule has 0 aromatic carbocycles. The summed E-state index contributed by atoms with van der Waals surface area (Å²) in [6.45, 7) is 2.62. The number of hydrogen-bond acceptors (Lipinski definition) is 3. The first-order chi connectivity index (χ1) is 10.3. The Bertz CT molecular complexity index is 263. The molecule has 0 bridgehead atoms. The van der Waals surface area contributed by atoms with Crippen molar-refractivity contribution >= 4 is 29.8 Å². The van der Waals surface area contributed by atoms with Crippen molar-refractivity contribution in [3.8, 4) is 0 Å². The zero-order valence-corrected chi connectivity index (χ0v) is 14.9. The Morgan fingerprint density at radius 2 is 0.909 bits per heavy atom. The van der Waals surface area contributed by atoms with E-state index in [0.717, 1.165) is 12.8 Å². The zero-order valence-electron chi connectivity index (χ0n) is 14.0. The average molecular weight is 328 g/mol. The van der Waals surface area contributed by atoms with Gasteiger partial charge in [-0.2, -0.15) is 0 Å². The van der Waals surface area contributed by atoms with Gasteiger partial charge in [0.25, 0.3) is 11.0 Å². The predicted molar refractivity (Wildman–Crippen MR) is 98.3 cm³/mol. The van der Waals surface area contributed by atoms with Crippen LogP contribution in [0.15, 0.2) is 0 Å². The summed E-state index contributed by atoms with van der Waals surface area (Å²) in [6.07, 6.45) is 19.8. The normalized spacial score (nSPS) is 10.8. The van der Waals surface area contributed by atoms with Crippen LogP contribution in [-0.2, 0) is 15.2 Å². The molecule has 0 aromatic rings. The fourth-order valence-corrected chi connectivity index (χ4v) is 2.89. The van der Waals surface area contributed by atoms with Gasteiger partial charge in [-0.15, -0.1) is 0 Å². The summed E-state index contributed by atoms with van der Waals surface area (Å²) in [5.74, 6) is 0. The van der Waals surface area contributed by atoms with Gasteiger partial charge < -0.3 is 0 Å². The third-order valence-electron chi connectivity index (χ3n) is 3.94. The minimum absolute atomic E-state index is 0. The second-order valence-corrected chi connectivity index (χ2v) is 6.71. The van der Waals surface area contributed by atoms with Crippen LogP contribution in [0.4, 0.5) is 0 Å². The Hall–Kier alpha value is 0.507. The second-order valence-electron chi connectivity index (χ2n) is 6.01. The summed E-state index contributed by atoms with van der Waals surface area (Å²) in [4.78, 5) is 0. The minimum atomic E-state index is -2.64. The molecule has 0 heterocycles. The molecule has 0 N–H and O–H groups in total. The van der Waals surface area contributed by atoms with Crippen LogP contribution in [0.5, 0.6) is 0 Å². The van der Waals surface area contributed by atoms with Gasteiger partial charge >= 0.3 is 18.9 Å². The molecular weight excluding hydrogens is 291 g/mol. The van der Waals surface area contributed by atoms with Crippen molar-refractivity contribution in [1.82, 2.24) is 0 Å². The van der Waals surface area contributed by atoms with Gasteiger partial charge in [-0.05, 0) is 6.42 Å². The van der Waals surface area contributed by atoms with E-state index in [-0.39, 0.29) is 18.9 Å². The Kier molecular flexibility index (Phi) is 24.2. The fraction of sp³-hybridized carbons (Fsp3) is 1.00. The summed E-state index contributed by atoms with van der Waals surface area (Å²) in [6, 6.07) is 0. The van der Waals surface area contributed by atoms with Crippen molar-refractivity contribution in [1.29, 1.82) is 0 Å². The van der Waals surface area contributed by atoms with Crippen molar-refractivity contribution in [2.75, 3.05) is 6.61 Å². The van der Waals surface area contributed by atoms with Crippen LogP contribution in [0.2, 0.25) is 0 Å². The summed E-state index contributed by atoms with van der Waals surface area (Å²) in [5.41, 5.74) is 0. The van der Waals surface area contributed by atoms with Crippen LogP contribution in [-0.4, -0.2) is 33.9 Å². The van der Waals surface area contributed by atoms with Crippen LogP contribution in [0.3, 0.4) is 0 Å². The van der Waals surface area contributed by atoms with E-state index in [4.69, 9.17) is 0 Å². The van der Waals surface area contributed by atoms with E-state index >= 15 is 0 Å². The van der Waals surface area contributed by atoms with Gasteiger partial charge in [0.05, 0.1) is 6.61 Å². The van der Waals surface area contributed by atoms with Crippen LogP contribution in [0.1, 0.15) is 103 Å². The molecular formula is C17H37LiO3S. The standard InChI is InChI=1S/C17H36O3S.Li.H/c1-2-3-4-5-6-7-8-9-10-11-12-13-14-15-16-17-20-21(18)19;;/h21H,2-17H2,1H3;;. The molecule has 0 aliphatic rings. The Labute approximate surface area is 152 Å². The topological polar surface area (TPSA) is 43.4 Å². The van der Waals surface area contributed by atoms with Crippen molar-refractivity contribution in [3.63, 3.8) is 0 Å². The van der Waals surface area contributed by atoms with Gasteiger partial charge in [0, 0.05) is 0 Å². The molecule has 0 amide bonds. The average Bonchev–Trinajstić information content (AvgIpc) is 2.46. The molecule has 0 aromatic heterocycles. The molecule has 0 aliphatic carbocycles. The van der Waals surface area contributed by atoms with E-state index < -0.39 is 11.0 Å². The molecule has 22 heavy (non-hydrogen) atoms. The quantitative estimate of drug-likeness (QED) is 0.238. The van der Waals surface area contributed by atoms with Gasteiger partial charge in [0.2, 0.25) is 0 Å². The first kappa shape index (κ1) is 24.8. The van der Waals surface area contributed by atoms with Gasteiger partial charge in [0.1, 0.15) is 0 Å². The molecule has 0 unspecified atom stereocenters. The second kappa shape index (κ2) is 21.5. The molecule has 130 valence electrons. The Morgan fingerprint density at radius 1 is 0.591 bits per heavy atom. The van der Waals surface area contributed by atoms with E-state index in [1.165, 1.54) is 83.5 Å². The van der Waals surface area contributed by atoms with E-state index in [2.05, 4.69) is 11.1 Å². The number of thiol groups is 1. The predicted octanol–water partition coefficient (Wildman–Crippen LogP) is 4.75. The molecule has 0 rings (SSSR count). The fourth-order valence-electron chi connectivity index (χ4n) is 2.61. The number of unbranched alkanes of at least 4 members (excludes halogenated alkanes) is 14. The molecule has 0 fully saturated rings. The van der Waals surface area contributed by atoms with Crippen molar-refractivity contribution in [3.05, 3.63) is 0 Å². The van der Waals surface area contributed by atoms with Crippen molar-refractivity contribution in [2.45, 2.75) is 103 Å². The Balaban J connectivity index is 0. The molecule has 3 nitrogen and oxygen atoms in total. The maximum atomic E-state index is 10.2. The summed E-state index contributed by atoms with van der Waals surface area (Å²) in [5, 5.41) is 0. The van der Waals surface area contributed by atoms with E-state index in [0.29, 0.717) is 6.61 Å². The van der Waals surface area contributed by atoms with Gasteiger partial charge in [0.15, 0.2) is 0 Å². The zero-order chi connectivity index (χ0) is 15.6. The monoisotopic (exact) mass is 328 g/mol. The summed E-state index contributed by atoms with van der Waals surface area (Å²) < 4.78 is 24.8. The number of hydrogen-bond donors (Lipinski definition) is 1. The first-order valence-corrected chi connectivity index (χ1v) is 10.1. The molecule has 0 aliphatic heterocycles. The third-order valence-corrected chi connectivity index (χ3v) is 4.34. The molecule has 0 atom stereocenters. The van der Waals surface area contributed by atoms with E-state index in [1.807, 2.05) is 0 Å². The van der Waals surface area contributed by atoms with Crippen LogP contribution < -0.4 is 0 Å². The summed E-state index contributed by atoms with van der Waals surface area (Å²) in [7, 11) is -2.64. The maximum absolute atomic E-state index is 10.2. The van der Waals surface area contributed by atoms with Crippen LogP contribution in [0.25, 0.3) is 0 Å². The van der Waals surface area contributed by atoms with Gasteiger partial charge in [-0.1, -0.05) is 96.8 Å². The molecule has 0 saturated carbocycles.